The van der Waals surface area contributed by atoms with Gasteiger partial charge in [0.15, 0.2) is 5.13 Å². The molecule has 0 radical (unpaired) electrons. The predicted molar refractivity (Wildman–Crippen MR) is 72.7 cm³/mol. The SMILES string of the molecule is Nc1ncn(CC(=O)Nc2nc3ccccc3s2)n1. The molecule has 96 valence electrons. The second-order valence-electron chi connectivity index (χ2n) is 3.84. The zero-order valence-corrected chi connectivity index (χ0v) is 10.6. The van der Waals surface area contributed by atoms with Crippen LogP contribution in [-0.2, 0) is 11.3 Å². The highest BCUT2D eigenvalue weighted by molar-refractivity contribution is 7.22. The molecule has 3 aromatic rings. The highest BCUT2D eigenvalue weighted by atomic mass is 32.1. The standard InChI is InChI=1S/C11H10N6OS/c12-10-13-6-17(16-10)5-9(18)15-11-14-7-3-1-2-4-8(7)19-11/h1-4,6H,5H2,(H2,12,16)(H,14,15,18). The van der Waals surface area contributed by atoms with E-state index < -0.39 is 0 Å². The van der Waals surface area contributed by atoms with Gasteiger partial charge in [-0.1, -0.05) is 23.5 Å². The van der Waals surface area contributed by atoms with E-state index in [9.17, 15) is 4.79 Å². The Balaban J connectivity index is 1.72. The molecule has 7 nitrogen and oxygen atoms in total. The molecule has 0 bridgehead atoms. The number of hydrogen-bond acceptors (Lipinski definition) is 6. The number of nitrogens with one attached hydrogen (secondary N) is 1. The van der Waals surface area contributed by atoms with E-state index in [0.29, 0.717) is 5.13 Å². The number of nitrogen functional groups attached to an aromatic ring is 1. The summed E-state index contributed by atoms with van der Waals surface area (Å²) in [4.78, 5) is 19.9. The Morgan fingerprint density at radius 2 is 2.26 bits per heavy atom. The number of amides is 1. The van der Waals surface area contributed by atoms with Crippen molar-refractivity contribution in [3.63, 3.8) is 0 Å². The van der Waals surface area contributed by atoms with Gasteiger partial charge in [0.2, 0.25) is 11.9 Å². The van der Waals surface area contributed by atoms with Crippen molar-refractivity contribution in [1.82, 2.24) is 19.7 Å². The number of anilines is 2. The molecule has 1 amide bonds. The number of aromatic nitrogens is 4. The van der Waals surface area contributed by atoms with E-state index >= 15 is 0 Å². The van der Waals surface area contributed by atoms with Gasteiger partial charge < -0.3 is 11.1 Å². The lowest BCUT2D eigenvalue weighted by molar-refractivity contribution is -0.116. The molecule has 0 aliphatic rings. The van der Waals surface area contributed by atoms with E-state index in [1.165, 1.54) is 22.3 Å². The fourth-order valence-electron chi connectivity index (χ4n) is 1.62. The van der Waals surface area contributed by atoms with Gasteiger partial charge in [0.25, 0.3) is 0 Å². The summed E-state index contributed by atoms with van der Waals surface area (Å²) in [5.74, 6) is -0.0725. The lowest BCUT2D eigenvalue weighted by Crippen LogP contribution is -2.19. The van der Waals surface area contributed by atoms with Crippen LogP contribution in [0, 0.1) is 0 Å². The molecule has 0 spiro atoms. The van der Waals surface area contributed by atoms with Crippen molar-refractivity contribution < 1.29 is 4.79 Å². The van der Waals surface area contributed by atoms with Crippen LogP contribution >= 0.6 is 11.3 Å². The van der Waals surface area contributed by atoms with Crippen molar-refractivity contribution >= 4 is 38.5 Å². The number of thiazole rings is 1. The van der Waals surface area contributed by atoms with Crippen molar-refractivity contribution in [2.24, 2.45) is 0 Å². The van der Waals surface area contributed by atoms with Gasteiger partial charge in [-0.15, -0.1) is 5.10 Å². The van der Waals surface area contributed by atoms with Gasteiger partial charge in [-0.05, 0) is 12.1 Å². The molecule has 2 aromatic heterocycles. The number of fused-ring (bicyclic) bond motifs is 1. The summed E-state index contributed by atoms with van der Waals surface area (Å²) < 4.78 is 2.40. The second kappa shape index (κ2) is 4.65. The van der Waals surface area contributed by atoms with E-state index in [-0.39, 0.29) is 18.4 Å². The minimum absolute atomic E-state index is 0.0557. The predicted octanol–water partition coefficient (Wildman–Crippen LogP) is 1.11. The normalized spacial score (nSPS) is 10.7. The Labute approximate surface area is 112 Å². The molecular weight excluding hydrogens is 264 g/mol. The van der Waals surface area contributed by atoms with Crippen LogP contribution in [0.4, 0.5) is 11.1 Å². The summed E-state index contributed by atoms with van der Waals surface area (Å²) >= 11 is 1.43. The second-order valence-corrected chi connectivity index (χ2v) is 4.87. The summed E-state index contributed by atoms with van der Waals surface area (Å²) in [6.07, 6.45) is 1.41. The van der Waals surface area contributed by atoms with Gasteiger partial charge in [0.1, 0.15) is 12.9 Å². The third-order valence-electron chi connectivity index (χ3n) is 2.40. The molecule has 19 heavy (non-hydrogen) atoms. The zero-order valence-electron chi connectivity index (χ0n) is 9.78. The third kappa shape index (κ3) is 2.52. The summed E-state index contributed by atoms with van der Waals surface area (Å²) in [6, 6.07) is 7.70. The van der Waals surface area contributed by atoms with E-state index in [2.05, 4.69) is 20.4 Å². The zero-order chi connectivity index (χ0) is 13.2. The van der Waals surface area contributed by atoms with Gasteiger partial charge in [0, 0.05) is 0 Å². The van der Waals surface area contributed by atoms with Gasteiger partial charge >= 0.3 is 0 Å². The number of para-hydroxylation sites is 1. The number of rotatable bonds is 3. The Bertz CT molecular complexity index is 700. The summed E-state index contributed by atoms with van der Waals surface area (Å²) in [5.41, 5.74) is 6.24. The van der Waals surface area contributed by atoms with E-state index in [1.54, 1.807) is 0 Å². The largest absolute Gasteiger partial charge is 0.367 e. The van der Waals surface area contributed by atoms with Gasteiger partial charge in [-0.25, -0.2) is 14.6 Å². The van der Waals surface area contributed by atoms with Gasteiger partial charge in [-0.3, -0.25) is 4.79 Å². The molecule has 0 unspecified atom stereocenters. The molecule has 0 aliphatic heterocycles. The number of nitrogens with two attached hydrogens (primary N) is 1. The fraction of sp³-hybridized carbons (Fsp3) is 0.0909. The van der Waals surface area contributed by atoms with Crippen molar-refractivity contribution in [2.75, 3.05) is 11.1 Å². The Morgan fingerprint density at radius 1 is 1.42 bits per heavy atom. The van der Waals surface area contributed by atoms with Crippen LogP contribution < -0.4 is 11.1 Å². The smallest absolute Gasteiger partial charge is 0.247 e. The van der Waals surface area contributed by atoms with Crippen molar-refractivity contribution in [3.05, 3.63) is 30.6 Å². The maximum Gasteiger partial charge on any atom is 0.247 e. The summed E-state index contributed by atoms with van der Waals surface area (Å²) in [7, 11) is 0. The molecule has 3 rings (SSSR count). The highest BCUT2D eigenvalue weighted by Gasteiger charge is 2.08. The third-order valence-corrected chi connectivity index (χ3v) is 3.35. The van der Waals surface area contributed by atoms with E-state index in [4.69, 9.17) is 5.73 Å². The fourth-order valence-corrected chi connectivity index (χ4v) is 2.50. The number of nitrogens with zero attached hydrogens (tertiary/aromatic N) is 4. The number of hydrogen-bond donors (Lipinski definition) is 2. The molecule has 0 saturated heterocycles. The molecule has 0 fully saturated rings. The first kappa shape index (κ1) is 11.6. The first-order chi connectivity index (χ1) is 9.20. The number of benzene rings is 1. The van der Waals surface area contributed by atoms with Gasteiger partial charge in [-0.2, -0.15) is 0 Å². The van der Waals surface area contributed by atoms with Crippen LogP contribution in [-0.4, -0.2) is 25.7 Å². The van der Waals surface area contributed by atoms with Crippen molar-refractivity contribution in [3.8, 4) is 0 Å². The molecule has 3 N–H and O–H groups in total. The Kier molecular flexibility index (Phi) is 2.84. The summed E-state index contributed by atoms with van der Waals surface area (Å²) in [6.45, 7) is 0.0557. The van der Waals surface area contributed by atoms with Crippen LogP contribution in [0.5, 0.6) is 0 Å². The molecule has 0 aliphatic carbocycles. The maximum absolute atomic E-state index is 11.8. The summed E-state index contributed by atoms with van der Waals surface area (Å²) in [5, 5.41) is 7.14. The number of carbonyl (C=O) groups excluding carboxylic acids is 1. The van der Waals surface area contributed by atoms with Crippen LogP contribution in [0.2, 0.25) is 0 Å². The maximum atomic E-state index is 11.8. The van der Waals surface area contributed by atoms with Crippen LogP contribution in [0.15, 0.2) is 30.6 Å². The average Bonchev–Trinajstić information content (AvgIpc) is 2.94. The average molecular weight is 274 g/mol. The molecule has 1 aromatic carbocycles. The molecular formula is C11H10N6OS. The van der Waals surface area contributed by atoms with E-state index in [1.807, 2.05) is 24.3 Å². The highest BCUT2D eigenvalue weighted by Crippen LogP contribution is 2.25. The molecule has 2 heterocycles. The Morgan fingerprint density at radius 3 is 3.00 bits per heavy atom. The van der Waals surface area contributed by atoms with Crippen LogP contribution in [0.1, 0.15) is 0 Å². The topological polar surface area (TPSA) is 98.7 Å². The first-order valence-electron chi connectivity index (χ1n) is 5.51. The van der Waals surface area contributed by atoms with E-state index in [0.717, 1.165) is 10.2 Å². The van der Waals surface area contributed by atoms with Crippen molar-refractivity contribution in [2.45, 2.75) is 6.54 Å². The molecule has 8 heteroatoms. The molecule has 0 saturated carbocycles. The Hall–Kier alpha value is -2.48. The minimum atomic E-state index is -0.219. The van der Waals surface area contributed by atoms with Crippen LogP contribution in [0.3, 0.4) is 0 Å². The first-order valence-corrected chi connectivity index (χ1v) is 6.33. The quantitative estimate of drug-likeness (QED) is 0.745. The molecule has 0 atom stereocenters. The minimum Gasteiger partial charge on any atom is -0.367 e. The van der Waals surface area contributed by atoms with Crippen LogP contribution in [0.25, 0.3) is 10.2 Å². The number of carbonyl (C=O) groups is 1. The lowest BCUT2D eigenvalue weighted by Gasteiger charge is -2.00. The van der Waals surface area contributed by atoms with Gasteiger partial charge in [0.05, 0.1) is 10.2 Å². The monoisotopic (exact) mass is 274 g/mol. The van der Waals surface area contributed by atoms with Crippen molar-refractivity contribution in [1.29, 1.82) is 0 Å². The lowest BCUT2D eigenvalue weighted by atomic mass is 10.3.